The quantitative estimate of drug-likeness (QED) is 0.525. The molecule has 1 aliphatic carbocycles. The molecule has 0 bridgehead atoms. The summed E-state index contributed by atoms with van der Waals surface area (Å²) in [5, 5.41) is 3.76. The lowest BCUT2D eigenvalue weighted by atomic mass is 9.96. The second kappa shape index (κ2) is 12.8. The number of hydrogen-bond acceptors (Lipinski definition) is 3. The molecular formula is C25H36ClNO2. The Hall–Kier alpha value is -1.71. The van der Waals surface area contributed by atoms with Gasteiger partial charge in [-0.1, -0.05) is 68.0 Å². The van der Waals surface area contributed by atoms with Gasteiger partial charge in [-0.3, -0.25) is 0 Å². The lowest BCUT2D eigenvalue weighted by Gasteiger charge is -2.21. The van der Waals surface area contributed by atoms with Crippen molar-refractivity contribution in [3.05, 3.63) is 59.2 Å². The van der Waals surface area contributed by atoms with Gasteiger partial charge in [0.1, 0.15) is 6.61 Å². The van der Waals surface area contributed by atoms with Crippen molar-refractivity contribution < 1.29 is 9.47 Å². The Morgan fingerprint density at radius 3 is 2.17 bits per heavy atom. The molecule has 2 aromatic rings. The standard InChI is InChI=1S/C25H35NO2.ClH/c1-3-27-25-17-22(18-26-23-9-7-5-4-6-8-10-23)15-16-24(25)28-19-21-13-11-20(2)12-14-21;/h11-17,23,26H,3-10,18-19H2,1-2H3;1H. The van der Waals surface area contributed by atoms with Crippen molar-refractivity contribution in [2.75, 3.05) is 6.61 Å². The molecule has 4 heteroatoms. The van der Waals surface area contributed by atoms with Crippen LogP contribution in [-0.4, -0.2) is 12.6 Å². The number of halogens is 1. The second-order valence-corrected chi connectivity index (χ2v) is 7.91. The maximum Gasteiger partial charge on any atom is 0.161 e. The van der Waals surface area contributed by atoms with Crippen LogP contribution in [0.5, 0.6) is 11.5 Å². The Kier molecular flexibility index (Phi) is 10.4. The zero-order valence-electron chi connectivity index (χ0n) is 17.9. The van der Waals surface area contributed by atoms with Crippen LogP contribution >= 0.6 is 12.4 Å². The van der Waals surface area contributed by atoms with Crippen molar-refractivity contribution >= 4 is 12.4 Å². The molecule has 29 heavy (non-hydrogen) atoms. The van der Waals surface area contributed by atoms with Crippen molar-refractivity contribution in [3.8, 4) is 11.5 Å². The van der Waals surface area contributed by atoms with Crippen molar-refractivity contribution in [1.29, 1.82) is 0 Å². The number of hydrogen-bond donors (Lipinski definition) is 1. The highest BCUT2D eigenvalue weighted by molar-refractivity contribution is 5.85. The van der Waals surface area contributed by atoms with Crippen LogP contribution < -0.4 is 14.8 Å². The van der Waals surface area contributed by atoms with Gasteiger partial charge < -0.3 is 14.8 Å². The molecule has 3 rings (SSSR count). The van der Waals surface area contributed by atoms with Gasteiger partial charge in [0.15, 0.2) is 11.5 Å². The summed E-state index contributed by atoms with van der Waals surface area (Å²) in [6.07, 6.45) is 9.50. The van der Waals surface area contributed by atoms with E-state index in [1.165, 1.54) is 61.6 Å². The Balaban J connectivity index is 0.00000300. The predicted molar refractivity (Wildman–Crippen MR) is 123 cm³/mol. The maximum absolute atomic E-state index is 6.05. The molecular weight excluding hydrogens is 382 g/mol. The molecule has 0 saturated heterocycles. The first-order valence-electron chi connectivity index (χ1n) is 10.9. The lowest BCUT2D eigenvalue weighted by molar-refractivity contribution is 0.269. The number of aryl methyl sites for hydroxylation is 1. The average Bonchev–Trinajstić information content (AvgIpc) is 2.68. The molecule has 3 nitrogen and oxygen atoms in total. The number of nitrogens with one attached hydrogen (secondary N) is 1. The van der Waals surface area contributed by atoms with Crippen LogP contribution in [0, 0.1) is 6.92 Å². The van der Waals surface area contributed by atoms with Crippen molar-refractivity contribution in [3.63, 3.8) is 0 Å². The minimum atomic E-state index is 0. The summed E-state index contributed by atoms with van der Waals surface area (Å²) in [5.74, 6) is 1.66. The van der Waals surface area contributed by atoms with Gasteiger partial charge in [-0.2, -0.15) is 0 Å². The zero-order valence-corrected chi connectivity index (χ0v) is 18.7. The van der Waals surface area contributed by atoms with E-state index in [1.807, 2.05) is 13.0 Å². The zero-order chi connectivity index (χ0) is 19.6. The first kappa shape index (κ1) is 23.6. The normalized spacial score (nSPS) is 15.1. The molecule has 0 atom stereocenters. The molecule has 0 spiro atoms. The third-order valence-electron chi connectivity index (χ3n) is 5.52. The summed E-state index contributed by atoms with van der Waals surface area (Å²) < 4.78 is 11.9. The second-order valence-electron chi connectivity index (χ2n) is 7.91. The Bertz CT molecular complexity index is 709. The van der Waals surface area contributed by atoms with Crippen LogP contribution in [0.4, 0.5) is 0 Å². The van der Waals surface area contributed by atoms with E-state index in [9.17, 15) is 0 Å². The van der Waals surface area contributed by atoms with E-state index in [-0.39, 0.29) is 12.4 Å². The Labute approximate surface area is 182 Å². The van der Waals surface area contributed by atoms with Gasteiger partial charge in [-0.15, -0.1) is 12.4 Å². The topological polar surface area (TPSA) is 30.5 Å². The number of rotatable bonds is 8. The molecule has 1 saturated carbocycles. The van der Waals surface area contributed by atoms with Crippen molar-refractivity contribution in [1.82, 2.24) is 5.32 Å². The molecule has 160 valence electrons. The molecule has 0 radical (unpaired) electrons. The summed E-state index contributed by atoms with van der Waals surface area (Å²) in [4.78, 5) is 0. The molecule has 0 heterocycles. The number of ether oxygens (including phenoxy) is 2. The maximum atomic E-state index is 6.05. The van der Waals surface area contributed by atoms with Gasteiger partial charge >= 0.3 is 0 Å². The summed E-state index contributed by atoms with van der Waals surface area (Å²) in [7, 11) is 0. The fourth-order valence-electron chi connectivity index (χ4n) is 3.82. The summed E-state index contributed by atoms with van der Waals surface area (Å²) in [5.41, 5.74) is 3.69. The van der Waals surface area contributed by atoms with Gasteiger partial charge in [-0.25, -0.2) is 0 Å². The largest absolute Gasteiger partial charge is 0.490 e. The van der Waals surface area contributed by atoms with Crippen LogP contribution in [0.3, 0.4) is 0 Å². The summed E-state index contributed by atoms with van der Waals surface area (Å²) in [6, 6.07) is 15.4. The molecule has 2 aromatic carbocycles. The smallest absolute Gasteiger partial charge is 0.161 e. The number of benzene rings is 2. The molecule has 1 N–H and O–H groups in total. The van der Waals surface area contributed by atoms with Crippen LogP contribution in [0.1, 0.15) is 68.6 Å². The van der Waals surface area contributed by atoms with Gasteiger partial charge in [-0.05, 0) is 49.9 Å². The monoisotopic (exact) mass is 417 g/mol. The molecule has 0 unspecified atom stereocenters. The van der Waals surface area contributed by atoms with E-state index in [2.05, 4.69) is 48.6 Å². The minimum absolute atomic E-state index is 0. The highest BCUT2D eigenvalue weighted by Gasteiger charge is 2.12. The predicted octanol–water partition coefficient (Wildman–Crippen LogP) is 6.60. The summed E-state index contributed by atoms with van der Waals surface area (Å²) in [6.45, 7) is 6.20. The third-order valence-corrected chi connectivity index (χ3v) is 5.52. The molecule has 0 aliphatic heterocycles. The highest BCUT2D eigenvalue weighted by Crippen LogP contribution is 2.29. The molecule has 0 aromatic heterocycles. The van der Waals surface area contributed by atoms with Crippen LogP contribution in [0.2, 0.25) is 0 Å². The lowest BCUT2D eigenvalue weighted by Crippen LogP contribution is -2.29. The SMILES string of the molecule is CCOc1cc(CNC2CCCCCCC2)ccc1OCc1ccc(C)cc1.Cl. The molecule has 0 amide bonds. The van der Waals surface area contributed by atoms with E-state index in [1.54, 1.807) is 0 Å². The molecule has 1 fully saturated rings. The van der Waals surface area contributed by atoms with Crippen LogP contribution in [-0.2, 0) is 13.2 Å². The fraction of sp³-hybridized carbons (Fsp3) is 0.520. The third kappa shape index (κ3) is 7.91. The van der Waals surface area contributed by atoms with E-state index >= 15 is 0 Å². The molecule has 1 aliphatic rings. The van der Waals surface area contributed by atoms with E-state index in [4.69, 9.17) is 9.47 Å². The first-order valence-corrected chi connectivity index (χ1v) is 10.9. The Morgan fingerprint density at radius 2 is 1.48 bits per heavy atom. The fourth-order valence-corrected chi connectivity index (χ4v) is 3.82. The Morgan fingerprint density at radius 1 is 0.828 bits per heavy atom. The minimum Gasteiger partial charge on any atom is -0.490 e. The van der Waals surface area contributed by atoms with Crippen LogP contribution in [0.25, 0.3) is 0 Å². The van der Waals surface area contributed by atoms with E-state index in [0.29, 0.717) is 19.3 Å². The van der Waals surface area contributed by atoms with Crippen molar-refractivity contribution in [2.24, 2.45) is 0 Å². The summed E-state index contributed by atoms with van der Waals surface area (Å²) >= 11 is 0. The van der Waals surface area contributed by atoms with E-state index in [0.717, 1.165) is 18.0 Å². The average molecular weight is 418 g/mol. The van der Waals surface area contributed by atoms with Gasteiger partial charge in [0.2, 0.25) is 0 Å². The van der Waals surface area contributed by atoms with Gasteiger partial charge in [0.25, 0.3) is 0 Å². The van der Waals surface area contributed by atoms with E-state index < -0.39 is 0 Å². The van der Waals surface area contributed by atoms with Crippen LogP contribution in [0.15, 0.2) is 42.5 Å². The van der Waals surface area contributed by atoms with Gasteiger partial charge in [0.05, 0.1) is 6.61 Å². The first-order chi connectivity index (χ1) is 13.7. The van der Waals surface area contributed by atoms with Gasteiger partial charge in [0, 0.05) is 12.6 Å². The van der Waals surface area contributed by atoms with Crippen molar-refractivity contribution in [2.45, 2.75) is 78.0 Å². The highest BCUT2D eigenvalue weighted by atomic mass is 35.5.